The van der Waals surface area contributed by atoms with Crippen molar-refractivity contribution in [1.82, 2.24) is 5.32 Å². The lowest BCUT2D eigenvalue weighted by Gasteiger charge is -2.23. The van der Waals surface area contributed by atoms with Gasteiger partial charge in [-0.3, -0.25) is 14.4 Å². The van der Waals surface area contributed by atoms with Crippen LogP contribution in [0.2, 0.25) is 0 Å². The molecule has 0 bridgehead atoms. The van der Waals surface area contributed by atoms with Gasteiger partial charge in [0.15, 0.2) is 0 Å². The Hall–Kier alpha value is -6.23. The van der Waals surface area contributed by atoms with Crippen LogP contribution in [0.5, 0.6) is 0 Å². The van der Waals surface area contributed by atoms with Gasteiger partial charge in [-0.15, -0.1) is 23.1 Å². The molecule has 0 saturated heterocycles. The lowest BCUT2D eigenvalue weighted by molar-refractivity contribution is -0.116. The van der Waals surface area contributed by atoms with Crippen LogP contribution in [0.4, 0.5) is 10.7 Å². The molecule has 8 nitrogen and oxygen atoms in total. The van der Waals surface area contributed by atoms with Gasteiger partial charge in [0.25, 0.3) is 11.8 Å². The summed E-state index contributed by atoms with van der Waals surface area (Å²) in [5.74, 6) is -0.977. The molecule has 0 radical (unpaired) electrons. The summed E-state index contributed by atoms with van der Waals surface area (Å²) in [6, 6.07) is 43.7. The van der Waals surface area contributed by atoms with Crippen LogP contribution in [-0.4, -0.2) is 30.3 Å². The second-order valence-electron chi connectivity index (χ2n) is 14.9. The molecule has 1 aromatic heterocycles. The number of ether oxygens (including phenoxy) is 1. The van der Waals surface area contributed by atoms with Crippen LogP contribution in [0.15, 0.2) is 150 Å². The fraction of sp³-hybridized carbons (Fsp3) is 0.200. The van der Waals surface area contributed by atoms with Gasteiger partial charge in [0.05, 0.1) is 12.2 Å². The minimum atomic E-state index is -0.710. The zero-order valence-electron chi connectivity index (χ0n) is 33.8. The Kier molecular flexibility index (Phi) is 13.7. The highest BCUT2D eigenvalue weighted by molar-refractivity contribution is 8.00. The van der Waals surface area contributed by atoms with Crippen LogP contribution in [0.3, 0.4) is 0 Å². The van der Waals surface area contributed by atoms with E-state index >= 15 is 0 Å². The van der Waals surface area contributed by atoms with Crippen molar-refractivity contribution in [3.63, 3.8) is 0 Å². The number of thioether (sulfide) groups is 1. The van der Waals surface area contributed by atoms with Gasteiger partial charge < -0.3 is 20.7 Å². The summed E-state index contributed by atoms with van der Waals surface area (Å²) in [5, 5.41) is 8.71. The molecule has 2 atom stereocenters. The molecule has 0 saturated carbocycles. The predicted octanol–water partition coefficient (Wildman–Crippen LogP) is 11.2. The number of hydrogen-bond acceptors (Lipinski definition) is 7. The van der Waals surface area contributed by atoms with Gasteiger partial charge in [0, 0.05) is 21.0 Å². The van der Waals surface area contributed by atoms with E-state index in [1.54, 1.807) is 49.4 Å². The van der Waals surface area contributed by atoms with Crippen LogP contribution >= 0.6 is 23.1 Å². The maximum atomic E-state index is 14.5. The number of nitrogens with one attached hydrogen (secondary N) is 3. The lowest BCUT2D eigenvalue weighted by Crippen LogP contribution is -2.30. The van der Waals surface area contributed by atoms with Crippen molar-refractivity contribution in [2.24, 2.45) is 0 Å². The maximum Gasteiger partial charge on any atom is 0.341 e. The van der Waals surface area contributed by atoms with E-state index in [1.165, 1.54) is 28.7 Å². The molecule has 10 heteroatoms. The molecule has 304 valence electrons. The second kappa shape index (κ2) is 19.7. The van der Waals surface area contributed by atoms with E-state index in [0.717, 1.165) is 44.9 Å². The molecule has 6 aromatic rings. The average molecular weight is 834 g/mol. The van der Waals surface area contributed by atoms with Crippen molar-refractivity contribution >= 4 is 63.6 Å². The Labute approximate surface area is 359 Å². The van der Waals surface area contributed by atoms with Crippen LogP contribution < -0.4 is 16.0 Å². The van der Waals surface area contributed by atoms with E-state index < -0.39 is 23.0 Å². The standard InChI is InChI=1S/C50H47N3O5S2/c1-4-58-50(57)44-41-28-27-38(35-15-8-5-9-16-35)30-43(41)60-49(44)53-48(56)45(36-17-10-6-11-18-36)59-40-22-14-21-39(31-40)51-47(55)42(52-46(54)37-19-12-7-13-20-37)29-33-23-25-34(26-24-33)32(2)3/h5-26,29,31-32,38,45H,4,27-28,30H2,1-3H3,(H,51,55)(H,52,54)(H,53,56)/b42-29+. The molecule has 0 fully saturated rings. The third-order valence-corrected chi connectivity index (χ3v) is 12.8. The zero-order valence-corrected chi connectivity index (χ0v) is 35.4. The molecule has 60 heavy (non-hydrogen) atoms. The summed E-state index contributed by atoms with van der Waals surface area (Å²) in [6.07, 6.45) is 4.04. The van der Waals surface area contributed by atoms with Gasteiger partial charge in [-0.25, -0.2) is 4.79 Å². The normalized spacial score (nSPS) is 14.1. The van der Waals surface area contributed by atoms with E-state index in [1.807, 2.05) is 78.9 Å². The second-order valence-corrected chi connectivity index (χ2v) is 17.1. The van der Waals surface area contributed by atoms with E-state index in [4.69, 9.17) is 4.74 Å². The number of benzene rings is 5. The SMILES string of the molecule is CCOC(=O)c1c(NC(=O)C(Sc2cccc(NC(=O)/C(=C\c3ccc(C(C)C)cc3)NC(=O)c3ccccc3)c2)c2ccccc2)sc2c1CCC(c1ccccc1)C2. The van der Waals surface area contributed by atoms with E-state index in [2.05, 4.69) is 54.1 Å². The maximum absolute atomic E-state index is 14.5. The third-order valence-electron chi connectivity index (χ3n) is 10.4. The van der Waals surface area contributed by atoms with Gasteiger partial charge in [-0.05, 0) is 102 Å². The monoisotopic (exact) mass is 833 g/mol. The first-order chi connectivity index (χ1) is 29.2. The fourth-order valence-electron chi connectivity index (χ4n) is 7.25. The van der Waals surface area contributed by atoms with Gasteiger partial charge in [-0.2, -0.15) is 0 Å². The molecule has 3 N–H and O–H groups in total. The largest absolute Gasteiger partial charge is 0.462 e. The molecular weight excluding hydrogens is 787 g/mol. The number of carbonyl (C=O) groups excluding carboxylic acids is 4. The van der Waals surface area contributed by atoms with Crippen molar-refractivity contribution in [2.75, 3.05) is 17.2 Å². The van der Waals surface area contributed by atoms with Crippen molar-refractivity contribution < 1.29 is 23.9 Å². The smallest absolute Gasteiger partial charge is 0.341 e. The first kappa shape index (κ1) is 41.9. The lowest BCUT2D eigenvalue weighted by atomic mass is 9.83. The molecule has 2 unspecified atom stereocenters. The number of carbonyl (C=O) groups is 4. The quantitative estimate of drug-likeness (QED) is 0.0572. The van der Waals surface area contributed by atoms with Crippen LogP contribution in [0.25, 0.3) is 6.08 Å². The van der Waals surface area contributed by atoms with Crippen LogP contribution in [-0.2, 0) is 27.2 Å². The van der Waals surface area contributed by atoms with Gasteiger partial charge in [0.2, 0.25) is 5.91 Å². The summed E-state index contributed by atoms with van der Waals surface area (Å²) < 4.78 is 5.53. The summed E-state index contributed by atoms with van der Waals surface area (Å²) >= 11 is 2.78. The average Bonchev–Trinajstić information content (AvgIpc) is 3.63. The number of fused-ring (bicyclic) bond motifs is 1. The highest BCUT2D eigenvalue weighted by Crippen LogP contribution is 2.44. The number of esters is 1. The fourth-order valence-corrected chi connectivity index (χ4v) is 9.65. The topological polar surface area (TPSA) is 114 Å². The summed E-state index contributed by atoms with van der Waals surface area (Å²) in [7, 11) is 0. The highest BCUT2D eigenvalue weighted by Gasteiger charge is 2.32. The first-order valence-electron chi connectivity index (χ1n) is 20.1. The Morgan fingerprint density at radius 3 is 2.17 bits per heavy atom. The van der Waals surface area contributed by atoms with Crippen molar-refractivity contribution in [2.45, 2.75) is 62.0 Å². The minimum Gasteiger partial charge on any atom is -0.462 e. The van der Waals surface area contributed by atoms with Crippen molar-refractivity contribution in [3.05, 3.63) is 189 Å². The van der Waals surface area contributed by atoms with Gasteiger partial charge >= 0.3 is 5.97 Å². The molecule has 1 aliphatic carbocycles. The number of thiophene rings is 1. The highest BCUT2D eigenvalue weighted by atomic mass is 32.2. The Balaban J connectivity index is 1.13. The molecule has 7 rings (SSSR count). The minimum absolute atomic E-state index is 0.0758. The number of anilines is 2. The number of amides is 3. The molecule has 3 amide bonds. The summed E-state index contributed by atoms with van der Waals surface area (Å²) in [6.45, 7) is 6.23. The Bertz CT molecular complexity index is 2480. The molecule has 5 aromatic carbocycles. The van der Waals surface area contributed by atoms with E-state index in [0.29, 0.717) is 40.1 Å². The number of rotatable bonds is 14. The first-order valence-corrected chi connectivity index (χ1v) is 21.8. The molecule has 0 aliphatic heterocycles. The van der Waals surface area contributed by atoms with Gasteiger partial charge in [-0.1, -0.05) is 123 Å². The van der Waals surface area contributed by atoms with Crippen molar-refractivity contribution in [1.29, 1.82) is 0 Å². The van der Waals surface area contributed by atoms with Gasteiger partial charge in [0.1, 0.15) is 15.9 Å². The molecule has 1 aliphatic rings. The Morgan fingerprint density at radius 2 is 1.48 bits per heavy atom. The third kappa shape index (κ3) is 10.3. The zero-order chi connectivity index (χ0) is 42.0. The van der Waals surface area contributed by atoms with Crippen LogP contribution in [0, 0.1) is 0 Å². The van der Waals surface area contributed by atoms with Crippen LogP contribution in [0.1, 0.15) is 97.7 Å². The number of hydrogen-bond donors (Lipinski definition) is 3. The van der Waals surface area contributed by atoms with E-state index in [9.17, 15) is 19.2 Å². The predicted molar refractivity (Wildman–Crippen MR) is 243 cm³/mol. The summed E-state index contributed by atoms with van der Waals surface area (Å²) in [4.78, 5) is 57.0. The van der Waals surface area contributed by atoms with Crippen molar-refractivity contribution in [3.8, 4) is 0 Å². The molecule has 0 spiro atoms. The Morgan fingerprint density at radius 1 is 0.800 bits per heavy atom. The molecule has 1 heterocycles. The summed E-state index contributed by atoms with van der Waals surface area (Å²) in [5.41, 5.74) is 6.33. The molecular formula is C50H47N3O5S2. The van der Waals surface area contributed by atoms with E-state index in [-0.39, 0.29) is 18.2 Å².